The highest BCUT2D eigenvalue weighted by molar-refractivity contribution is 5.68. The fourth-order valence-electron chi connectivity index (χ4n) is 4.66. The van der Waals surface area contributed by atoms with Crippen LogP contribution in [0.1, 0.15) is 59.3 Å². The Balaban J connectivity index is 1.85. The van der Waals surface area contributed by atoms with Gasteiger partial charge in [-0.3, -0.25) is 0 Å². The number of fused-ring (bicyclic) bond motifs is 2. The third-order valence-corrected chi connectivity index (χ3v) is 5.43. The second kappa shape index (κ2) is 4.99. The molecule has 2 atom stereocenters. The molecule has 0 spiro atoms. The lowest BCUT2D eigenvalue weighted by molar-refractivity contribution is -0.0336. The van der Waals surface area contributed by atoms with Crippen molar-refractivity contribution >= 4 is 6.09 Å². The van der Waals surface area contributed by atoms with Crippen LogP contribution in [0.25, 0.3) is 0 Å². The zero-order valence-corrected chi connectivity index (χ0v) is 15.1. The Morgan fingerprint density at radius 3 is 2.74 bits per heavy atom. The first-order chi connectivity index (χ1) is 10.5. The molecule has 2 aliphatic rings. The number of ether oxygens (including phenoxy) is 1. The van der Waals surface area contributed by atoms with Crippen molar-refractivity contribution in [1.29, 1.82) is 0 Å². The van der Waals surface area contributed by atoms with Crippen LogP contribution in [0.2, 0.25) is 0 Å². The van der Waals surface area contributed by atoms with Crippen LogP contribution < -0.4 is 0 Å². The summed E-state index contributed by atoms with van der Waals surface area (Å²) in [7, 11) is 0. The normalized spacial score (nSPS) is 29.7. The van der Waals surface area contributed by atoms with E-state index in [-0.39, 0.29) is 16.9 Å². The van der Waals surface area contributed by atoms with Crippen molar-refractivity contribution in [2.75, 3.05) is 13.1 Å². The van der Waals surface area contributed by atoms with Crippen LogP contribution in [0.15, 0.2) is 10.7 Å². The van der Waals surface area contributed by atoms with Gasteiger partial charge in [0.1, 0.15) is 11.4 Å². The molecule has 128 valence electrons. The van der Waals surface area contributed by atoms with Gasteiger partial charge in [0.25, 0.3) is 0 Å². The molecule has 3 rings (SSSR count). The second-order valence-corrected chi connectivity index (χ2v) is 8.98. The predicted molar refractivity (Wildman–Crippen MR) is 87.3 cm³/mol. The Morgan fingerprint density at radius 1 is 1.39 bits per heavy atom. The van der Waals surface area contributed by atoms with Gasteiger partial charge in [-0.2, -0.15) is 0 Å². The van der Waals surface area contributed by atoms with Crippen LogP contribution in [-0.4, -0.2) is 34.8 Å². The van der Waals surface area contributed by atoms with Gasteiger partial charge in [0, 0.05) is 24.1 Å². The van der Waals surface area contributed by atoms with E-state index in [2.05, 4.69) is 25.9 Å². The quantitative estimate of drug-likeness (QED) is 0.730. The van der Waals surface area contributed by atoms with Crippen LogP contribution in [0.3, 0.4) is 0 Å². The van der Waals surface area contributed by atoms with Gasteiger partial charge in [-0.15, -0.1) is 0 Å². The number of piperidine rings is 1. The number of carbonyl (C=O) groups is 1. The fourth-order valence-corrected chi connectivity index (χ4v) is 4.66. The number of nitrogens with zero attached hydrogens (tertiary/aromatic N) is 2. The van der Waals surface area contributed by atoms with Gasteiger partial charge in [0.05, 0.1) is 6.20 Å². The summed E-state index contributed by atoms with van der Waals surface area (Å²) in [4.78, 5) is 14.3. The van der Waals surface area contributed by atoms with Crippen LogP contribution in [-0.2, 0) is 16.6 Å². The molecule has 1 saturated heterocycles. The highest BCUT2D eigenvalue weighted by Gasteiger charge is 2.54. The smallest absolute Gasteiger partial charge is 0.410 e. The Kier molecular flexibility index (Phi) is 3.54. The van der Waals surface area contributed by atoms with Crippen LogP contribution in [0.5, 0.6) is 0 Å². The molecule has 1 fully saturated rings. The van der Waals surface area contributed by atoms with E-state index in [9.17, 15) is 4.79 Å². The van der Waals surface area contributed by atoms with Gasteiger partial charge < -0.3 is 14.2 Å². The minimum Gasteiger partial charge on any atom is -0.444 e. The first kappa shape index (κ1) is 16.3. The maximum atomic E-state index is 12.5. The van der Waals surface area contributed by atoms with Gasteiger partial charge in [0.15, 0.2) is 0 Å². The van der Waals surface area contributed by atoms with E-state index in [0.717, 1.165) is 31.7 Å². The van der Waals surface area contributed by atoms with Gasteiger partial charge in [-0.05, 0) is 44.9 Å². The van der Waals surface area contributed by atoms with Gasteiger partial charge >= 0.3 is 6.09 Å². The van der Waals surface area contributed by atoms with E-state index < -0.39 is 5.60 Å². The van der Waals surface area contributed by atoms with Gasteiger partial charge in [-0.25, -0.2) is 4.79 Å². The number of hydrogen-bond donors (Lipinski definition) is 0. The molecule has 1 aromatic heterocycles. The summed E-state index contributed by atoms with van der Waals surface area (Å²) in [6, 6.07) is 0. The van der Waals surface area contributed by atoms with E-state index >= 15 is 0 Å². The molecular formula is C18H28N2O3. The second-order valence-electron chi connectivity index (χ2n) is 8.98. The lowest BCUT2D eigenvalue weighted by Crippen LogP contribution is -2.57. The highest BCUT2D eigenvalue weighted by atomic mass is 16.6. The molecule has 2 heterocycles. The molecule has 0 saturated carbocycles. The van der Waals surface area contributed by atoms with Crippen LogP contribution >= 0.6 is 0 Å². The van der Waals surface area contributed by atoms with Crippen LogP contribution in [0, 0.1) is 11.3 Å². The Hall–Kier alpha value is -1.52. The van der Waals surface area contributed by atoms with Crippen molar-refractivity contribution in [3.05, 3.63) is 17.5 Å². The molecule has 5 heteroatoms. The molecule has 0 bridgehead atoms. The first-order valence-corrected chi connectivity index (χ1v) is 8.45. The molecule has 0 radical (unpaired) electrons. The number of carbonyl (C=O) groups excluding carboxylic acids is 1. The molecule has 0 N–H and O–H groups in total. The van der Waals surface area contributed by atoms with E-state index in [1.807, 2.05) is 31.9 Å². The molecule has 23 heavy (non-hydrogen) atoms. The summed E-state index contributed by atoms with van der Waals surface area (Å²) in [5.41, 5.74) is 0.693. The highest BCUT2D eigenvalue weighted by Crippen LogP contribution is 2.54. The molecule has 1 aliphatic carbocycles. The van der Waals surface area contributed by atoms with Gasteiger partial charge in [0.2, 0.25) is 0 Å². The molecule has 5 nitrogen and oxygen atoms in total. The molecule has 2 unspecified atom stereocenters. The minimum absolute atomic E-state index is 0.0250. The standard InChI is InChI=1S/C18H28N2O3/c1-16(2,3)22-15(21)20-8-7-13-17(4,5)14-12(10-19-23-14)9-18(13,6)11-20/h10,13H,7-9,11H2,1-6H3. The average Bonchev–Trinajstić information content (AvgIpc) is 2.84. The molecule has 1 amide bonds. The van der Waals surface area contributed by atoms with Crippen molar-refractivity contribution in [2.24, 2.45) is 11.3 Å². The zero-order chi connectivity index (χ0) is 17.0. The average molecular weight is 320 g/mol. The molecular weight excluding hydrogens is 292 g/mol. The lowest BCUT2D eigenvalue weighted by atomic mass is 9.54. The Bertz CT molecular complexity index is 614. The van der Waals surface area contributed by atoms with Crippen molar-refractivity contribution in [2.45, 2.75) is 65.4 Å². The molecule has 1 aromatic rings. The van der Waals surface area contributed by atoms with Crippen molar-refractivity contribution in [3.8, 4) is 0 Å². The summed E-state index contributed by atoms with van der Waals surface area (Å²) >= 11 is 0. The monoisotopic (exact) mass is 320 g/mol. The third-order valence-electron chi connectivity index (χ3n) is 5.43. The van der Waals surface area contributed by atoms with Crippen LogP contribution in [0.4, 0.5) is 4.79 Å². The predicted octanol–water partition coefficient (Wildman–Crippen LogP) is 3.77. The largest absolute Gasteiger partial charge is 0.444 e. The molecule has 0 aromatic carbocycles. The van der Waals surface area contributed by atoms with Crippen molar-refractivity contribution < 1.29 is 14.1 Å². The number of aromatic nitrogens is 1. The van der Waals surface area contributed by atoms with E-state index in [4.69, 9.17) is 9.26 Å². The number of hydrogen-bond acceptors (Lipinski definition) is 4. The van der Waals surface area contributed by atoms with Crippen molar-refractivity contribution in [3.63, 3.8) is 0 Å². The molecule has 1 aliphatic heterocycles. The topological polar surface area (TPSA) is 55.6 Å². The van der Waals surface area contributed by atoms with E-state index in [0.29, 0.717) is 5.92 Å². The number of likely N-dealkylation sites (tertiary alicyclic amines) is 1. The minimum atomic E-state index is -0.456. The number of amides is 1. The first-order valence-electron chi connectivity index (χ1n) is 8.45. The summed E-state index contributed by atoms with van der Waals surface area (Å²) in [5.74, 6) is 1.49. The Labute approximate surface area is 138 Å². The Morgan fingerprint density at radius 2 is 2.09 bits per heavy atom. The summed E-state index contributed by atoms with van der Waals surface area (Å²) in [6.07, 6.45) is 3.50. The summed E-state index contributed by atoms with van der Waals surface area (Å²) in [5, 5.41) is 4.01. The van der Waals surface area contributed by atoms with E-state index in [1.54, 1.807) is 0 Å². The van der Waals surface area contributed by atoms with Crippen molar-refractivity contribution in [1.82, 2.24) is 10.1 Å². The third kappa shape index (κ3) is 2.74. The maximum absolute atomic E-state index is 12.5. The number of rotatable bonds is 0. The zero-order valence-electron chi connectivity index (χ0n) is 15.1. The summed E-state index contributed by atoms with van der Waals surface area (Å²) in [6.45, 7) is 13.9. The maximum Gasteiger partial charge on any atom is 0.410 e. The SMILES string of the molecule is CC(C)(C)OC(=O)N1CCC2C(C)(Cc3cnoc3C2(C)C)C1. The lowest BCUT2D eigenvalue weighted by Gasteiger charge is -2.54. The van der Waals surface area contributed by atoms with Gasteiger partial charge in [-0.1, -0.05) is 25.9 Å². The fraction of sp³-hybridized carbons (Fsp3) is 0.778. The van der Waals surface area contributed by atoms with E-state index in [1.165, 1.54) is 5.56 Å². The summed E-state index contributed by atoms with van der Waals surface area (Å²) < 4.78 is 11.1.